The first-order valence-electron chi connectivity index (χ1n) is 11.2. The summed E-state index contributed by atoms with van der Waals surface area (Å²) in [5.74, 6) is -0.243. The Morgan fingerprint density at radius 3 is 2.67 bits per heavy atom. The quantitative estimate of drug-likeness (QED) is 0.584. The number of fused-ring (bicyclic) bond motifs is 1. The van der Waals surface area contributed by atoms with Crippen LogP contribution in [0, 0.1) is 11.7 Å². The van der Waals surface area contributed by atoms with Crippen LogP contribution in [0.2, 0.25) is 5.02 Å². The number of carbonyl (C=O) groups is 1. The Kier molecular flexibility index (Phi) is 7.20. The number of sulfonamides is 1. The van der Waals surface area contributed by atoms with Gasteiger partial charge in [0.05, 0.1) is 9.92 Å². The van der Waals surface area contributed by atoms with Crippen molar-refractivity contribution in [2.24, 2.45) is 5.92 Å². The van der Waals surface area contributed by atoms with E-state index in [1.54, 1.807) is 4.57 Å². The Morgan fingerprint density at radius 1 is 1.21 bits per heavy atom. The van der Waals surface area contributed by atoms with E-state index in [1.165, 1.54) is 15.1 Å². The maximum Gasteiger partial charge on any atom is 0.345 e. The van der Waals surface area contributed by atoms with E-state index in [4.69, 9.17) is 11.6 Å². The first kappa shape index (κ1) is 23.9. The zero-order valence-corrected chi connectivity index (χ0v) is 19.7. The predicted molar refractivity (Wildman–Crippen MR) is 120 cm³/mol. The molecule has 1 aromatic carbocycles. The fourth-order valence-electron chi connectivity index (χ4n) is 4.32. The van der Waals surface area contributed by atoms with E-state index in [-0.39, 0.29) is 40.5 Å². The van der Waals surface area contributed by atoms with Crippen LogP contribution < -0.4 is 11.0 Å². The number of benzene rings is 1. The highest BCUT2D eigenvalue weighted by molar-refractivity contribution is 7.89. The van der Waals surface area contributed by atoms with E-state index in [2.05, 4.69) is 10.4 Å². The Labute approximate surface area is 196 Å². The number of aromatic nitrogens is 3. The minimum atomic E-state index is -3.80. The molecule has 12 heteroatoms. The van der Waals surface area contributed by atoms with Gasteiger partial charge in [0.15, 0.2) is 0 Å². The Hall–Kier alpha value is -2.24. The molecule has 1 N–H and O–H groups in total. The smallest absolute Gasteiger partial charge is 0.345 e. The maximum absolute atomic E-state index is 13.4. The first-order valence-corrected chi connectivity index (χ1v) is 13.0. The molecule has 0 unspecified atom stereocenters. The fourth-order valence-corrected chi connectivity index (χ4v) is 6.07. The van der Waals surface area contributed by atoms with Crippen LogP contribution in [-0.2, 0) is 34.3 Å². The van der Waals surface area contributed by atoms with E-state index in [0.29, 0.717) is 38.9 Å². The summed E-state index contributed by atoms with van der Waals surface area (Å²) in [5, 5.41) is 7.03. The monoisotopic (exact) mass is 499 g/mol. The van der Waals surface area contributed by atoms with Gasteiger partial charge in [-0.2, -0.15) is 9.40 Å². The summed E-state index contributed by atoms with van der Waals surface area (Å²) in [7, 11) is -3.80. The molecule has 0 saturated carbocycles. The number of halogens is 2. The number of carbonyl (C=O) groups excluding carboxylic acids is 1. The molecule has 1 amide bonds. The minimum absolute atomic E-state index is 0.0620. The SMILES string of the molecule is O=C(NCCCn1nc2n(c1=O)CCCC2)C1CCN(S(=O)(=O)c2ccc(F)c(Cl)c2)CC1. The van der Waals surface area contributed by atoms with Crippen LogP contribution >= 0.6 is 11.6 Å². The average Bonchev–Trinajstić information content (AvgIpc) is 3.14. The minimum Gasteiger partial charge on any atom is -0.356 e. The van der Waals surface area contributed by atoms with Crippen molar-refractivity contribution in [3.05, 3.63) is 45.3 Å². The molecule has 0 spiro atoms. The van der Waals surface area contributed by atoms with Gasteiger partial charge in [0, 0.05) is 45.1 Å². The Balaban J connectivity index is 1.24. The number of hydrogen-bond donors (Lipinski definition) is 1. The lowest BCUT2D eigenvalue weighted by atomic mass is 9.97. The van der Waals surface area contributed by atoms with Crippen molar-refractivity contribution < 1.29 is 17.6 Å². The van der Waals surface area contributed by atoms with Gasteiger partial charge in [-0.05, 0) is 50.3 Å². The lowest BCUT2D eigenvalue weighted by molar-refractivity contribution is -0.126. The maximum atomic E-state index is 13.4. The molecular formula is C21H27ClFN5O4S. The largest absolute Gasteiger partial charge is 0.356 e. The van der Waals surface area contributed by atoms with Crippen LogP contribution in [0.1, 0.15) is 37.9 Å². The van der Waals surface area contributed by atoms with E-state index < -0.39 is 15.8 Å². The summed E-state index contributed by atoms with van der Waals surface area (Å²) >= 11 is 5.72. The Bertz CT molecular complexity index is 1190. The molecule has 1 saturated heterocycles. The van der Waals surface area contributed by atoms with E-state index in [0.717, 1.165) is 37.2 Å². The summed E-state index contributed by atoms with van der Waals surface area (Å²) in [4.78, 5) is 24.8. The molecule has 2 aliphatic rings. The van der Waals surface area contributed by atoms with Crippen molar-refractivity contribution in [2.45, 2.75) is 56.5 Å². The summed E-state index contributed by atoms with van der Waals surface area (Å²) in [6.07, 6.45) is 4.24. The topological polar surface area (TPSA) is 106 Å². The number of rotatable bonds is 7. The van der Waals surface area contributed by atoms with Gasteiger partial charge in [0.25, 0.3) is 0 Å². The molecule has 0 atom stereocenters. The van der Waals surface area contributed by atoms with E-state index >= 15 is 0 Å². The van der Waals surface area contributed by atoms with Crippen molar-refractivity contribution >= 4 is 27.5 Å². The molecule has 1 fully saturated rings. The fraction of sp³-hybridized carbons (Fsp3) is 0.571. The molecule has 4 rings (SSSR count). The van der Waals surface area contributed by atoms with Crippen molar-refractivity contribution in [3.8, 4) is 0 Å². The number of aryl methyl sites for hydroxylation is 2. The number of nitrogens with one attached hydrogen (secondary N) is 1. The lowest BCUT2D eigenvalue weighted by Gasteiger charge is -2.30. The van der Waals surface area contributed by atoms with Gasteiger partial charge in [-0.3, -0.25) is 9.36 Å². The van der Waals surface area contributed by atoms with Crippen LogP contribution in [0.25, 0.3) is 0 Å². The average molecular weight is 500 g/mol. The zero-order valence-electron chi connectivity index (χ0n) is 18.2. The summed E-state index contributed by atoms with van der Waals surface area (Å²) in [5.41, 5.74) is -0.0907. The van der Waals surface area contributed by atoms with Crippen LogP contribution in [-0.4, -0.2) is 52.6 Å². The molecule has 9 nitrogen and oxygen atoms in total. The van der Waals surface area contributed by atoms with Crippen LogP contribution in [0.15, 0.2) is 27.9 Å². The van der Waals surface area contributed by atoms with Crippen LogP contribution in [0.3, 0.4) is 0 Å². The normalized spacial score (nSPS) is 17.6. The summed E-state index contributed by atoms with van der Waals surface area (Å²) in [6, 6.07) is 3.33. The standard InChI is InChI=1S/C21H27ClFN5O4S/c22-17-14-16(5-6-18(17)23)33(31,32)26-12-7-15(8-13-26)20(29)24-9-3-11-28-21(30)27-10-2-1-4-19(27)25-28/h5-6,14-15H,1-4,7-13H2,(H,24,29). The molecule has 0 bridgehead atoms. The molecular weight excluding hydrogens is 473 g/mol. The van der Waals surface area contributed by atoms with Crippen molar-refractivity contribution in [1.29, 1.82) is 0 Å². The molecule has 3 heterocycles. The van der Waals surface area contributed by atoms with Gasteiger partial charge in [-0.1, -0.05) is 11.6 Å². The number of piperidine rings is 1. The second-order valence-corrected chi connectivity index (χ2v) is 10.8. The molecule has 0 aliphatic carbocycles. The van der Waals surface area contributed by atoms with E-state index in [9.17, 15) is 22.4 Å². The molecule has 1 aromatic heterocycles. The summed E-state index contributed by atoms with van der Waals surface area (Å²) in [6.45, 7) is 1.97. The van der Waals surface area contributed by atoms with Gasteiger partial charge in [0.2, 0.25) is 15.9 Å². The van der Waals surface area contributed by atoms with Gasteiger partial charge in [-0.25, -0.2) is 22.3 Å². The number of amides is 1. The molecule has 2 aromatic rings. The lowest BCUT2D eigenvalue weighted by Crippen LogP contribution is -2.43. The van der Waals surface area contributed by atoms with Gasteiger partial charge in [-0.15, -0.1) is 0 Å². The molecule has 33 heavy (non-hydrogen) atoms. The van der Waals surface area contributed by atoms with Crippen molar-refractivity contribution in [1.82, 2.24) is 24.0 Å². The molecule has 0 radical (unpaired) electrons. The van der Waals surface area contributed by atoms with E-state index in [1.807, 2.05) is 0 Å². The van der Waals surface area contributed by atoms with Crippen molar-refractivity contribution in [3.63, 3.8) is 0 Å². The Morgan fingerprint density at radius 2 is 1.97 bits per heavy atom. The third-order valence-corrected chi connectivity index (χ3v) is 8.42. The highest BCUT2D eigenvalue weighted by Gasteiger charge is 2.32. The highest BCUT2D eigenvalue weighted by atomic mass is 35.5. The second-order valence-electron chi connectivity index (χ2n) is 8.43. The number of hydrogen-bond acceptors (Lipinski definition) is 5. The summed E-state index contributed by atoms with van der Waals surface area (Å²) < 4.78 is 43.4. The third kappa shape index (κ3) is 5.15. The van der Waals surface area contributed by atoms with Crippen molar-refractivity contribution in [2.75, 3.05) is 19.6 Å². The van der Waals surface area contributed by atoms with Crippen LogP contribution in [0.5, 0.6) is 0 Å². The van der Waals surface area contributed by atoms with Gasteiger partial charge in [0.1, 0.15) is 11.6 Å². The first-order chi connectivity index (χ1) is 15.8. The molecule has 2 aliphatic heterocycles. The second kappa shape index (κ2) is 9.94. The zero-order chi connectivity index (χ0) is 23.6. The third-order valence-electron chi connectivity index (χ3n) is 6.23. The van der Waals surface area contributed by atoms with Gasteiger partial charge < -0.3 is 5.32 Å². The van der Waals surface area contributed by atoms with Gasteiger partial charge >= 0.3 is 5.69 Å². The predicted octanol–water partition coefficient (Wildman–Crippen LogP) is 1.78. The molecule has 180 valence electrons. The highest BCUT2D eigenvalue weighted by Crippen LogP contribution is 2.26. The number of nitrogens with zero attached hydrogens (tertiary/aromatic N) is 4. The van der Waals surface area contributed by atoms with Crippen LogP contribution in [0.4, 0.5) is 4.39 Å².